The lowest BCUT2D eigenvalue weighted by Crippen LogP contribution is -2.38. The van der Waals surface area contributed by atoms with Crippen molar-refractivity contribution in [2.75, 3.05) is 46.1 Å². The number of pyridine rings is 1. The molecule has 26 heavy (non-hydrogen) atoms. The van der Waals surface area contributed by atoms with Crippen molar-refractivity contribution in [3.8, 4) is 5.88 Å². The number of aromatic nitrogens is 1. The molecule has 1 aromatic heterocycles. The number of nitrogens with one attached hydrogen (secondary N) is 2. The van der Waals surface area contributed by atoms with Gasteiger partial charge >= 0.3 is 0 Å². The third-order valence-corrected chi connectivity index (χ3v) is 4.02. The molecule has 0 amide bonds. The highest BCUT2D eigenvalue weighted by atomic mass is 16.5. The van der Waals surface area contributed by atoms with Gasteiger partial charge in [-0.15, -0.1) is 0 Å². The topological polar surface area (TPSA) is 77.0 Å². The van der Waals surface area contributed by atoms with Gasteiger partial charge in [0.2, 0.25) is 5.88 Å². The van der Waals surface area contributed by atoms with E-state index in [4.69, 9.17) is 14.2 Å². The predicted molar refractivity (Wildman–Crippen MR) is 103 cm³/mol. The fraction of sp³-hybridized carbons (Fsp3) is 0.684. The van der Waals surface area contributed by atoms with E-state index in [2.05, 4.69) is 27.5 Å². The minimum Gasteiger partial charge on any atom is -0.478 e. The molecule has 0 aliphatic carbocycles. The molecule has 1 aliphatic rings. The molecule has 146 valence electrons. The molecule has 1 aliphatic heterocycles. The maximum Gasteiger partial charge on any atom is 0.218 e. The molecule has 0 saturated carbocycles. The molecule has 1 unspecified atom stereocenters. The van der Waals surface area contributed by atoms with Crippen molar-refractivity contribution >= 4 is 5.96 Å². The summed E-state index contributed by atoms with van der Waals surface area (Å²) >= 11 is 0. The molecular formula is C19H32N4O3. The summed E-state index contributed by atoms with van der Waals surface area (Å²) < 4.78 is 16.6. The maximum absolute atomic E-state index is 5.73. The third kappa shape index (κ3) is 7.58. The zero-order valence-electron chi connectivity index (χ0n) is 16.0. The molecule has 7 heteroatoms. The fourth-order valence-corrected chi connectivity index (χ4v) is 2.66. The SMILES string of the molecule is CCNC(=NCc1cccnc1OCC)NCCCOCC1CCOC1. The monoisotopic (exact) mass is 364 g/mol. The highest BCUT2D eigenvalue weighted by molar-refractivity contribution is 5.79. The second kappa shape index (κ2) is 12.5. The van der Waals surface area contributed by atoms with Crippen LogP contribution >= 0.6 is 0 Å². The average molecular weight is 364 g/mol. The van der Waals surface area contributed by atoms with E-state index >= 15 is 0 Å². The second-order valence-corrected chi connectivity index (χ2v) is 6.18. The highest BCUT2D eigenvalue weighted by Crippen LogP contribution is 2.15. The Labute approximate surface area is 156 Å². The Morgan fingerprint density at radius 3 is 3.08 bits per heavy atom. The van der Waals surface area contributed by atoms with E-state index in [9.17, 15) is 0 Å². The molecule has 2 rings (SSSR count). The second-order valence-electron chi connectivity index (χ2n) is 6.18. The van der Waals surface area contributed by atoms with E-state index in [0.717, 1.165) is 63.9 Å². The lowest BCUT2D eigenvalue weighted by atomic mass is 10.1. The van der Waals surface area contributed by atoms with Crippen molar-refractivity contribution in [2.45, 2.75) is 33.2 Å². The van der Waals surface area contributed by atoms with Crippen molar-refractivity contribution in [3.05, 3.63) is 23.9 Å². The Bertz CT molecular complexity index is 533. The van der Waals surface area contributed by atoms with Crippen LogP contribution in [0.25, 0.3) is 0 Å². The van der Waals surface area contributed by atoms with Gasteiger partial charge < -0.3 is 24.8 Å². The number of ether oxygens (including phenoxy) is 3. The highest BCUT2D eigenvalue weighted by Gasteiger charge is 2.15. The quantitative estimate of drug-likeness (QED) is 0.355. The van der Waals surface area contributed by atoms with Crippen LogP contribution in [-0.2, 0) is 16.0 Å². The third-order valence-electron chi connectivity index (χ3n) is 4.02. The Morgan fingerprint density at radius 1 is 1.38 bits per heavy atom. The largest absolute Gasteiger partial charge is 0.478 e. The van der Waals surface area contributed by atoms with Crippen LogP contribution in [0.5, 0.6) is 5.88 Å². The van der Waals surface area contributed by atoms with Crippen LogP contribution in [0.1, 0.15) is 32.3 Å². The Balaban J connectivity index is 1.70. The maximum atomic E-state index is 5.73. The van der Waals surface area contributed by atoms with Crippen molar-refractivity contribution < 1.29 is 14.2 Å². The molecule has 1 aromatic rings. The van der Waals surface area contributed by atoms with Gasteiger partial charge in [-0.25, -0.2) is 9.98 Å². The van der Waals surface area contributed by atoms with Gasteiger partial charge in [-0.1, -0.05) is 6.07 Å². The van der Waals surface area contributed by atoms with Crippen LogP contribution in [0, 0.1) is 5.92 Å². The summed E-state index contributed by atoms with van der Waals surface area (Å²) in [6, 6.07) is 3.89. The van der Waals surface area contributed by atoms with Gasteiger partial charge in [0, 0.05) is 44.0 Å². The molecule has 0 aromatic carbocycles. The molecule has 2 heterocycles. The van der Waals surface area contributed by atoms with E-state index in [1.165, 1.54) is 0 Å². The number of aliphatic imine (C=N–C) groups is 1. The van der Waals surface area contributed by atoms with Crippen molar-refractivity contribution in [1.29, 1.82) is 0 Å². The summed E-state index contributed by atoms with van der Waals surface area (Å²) in [6.45, 7) is 10.0. The van der Waals surface area contributed by atoms with Crippen molar-refractivity contribution in [2.24, 2.45) is 10.9 Å². The van der Waals surface area contributed by atoms with E-state index < -0.39 is 0 Å². The minimum absolute atomic E-state index is 0.524. The molecule has 1 saturated heterocycles. The van der Waals surface area contributed by atoms with Crippen LogP contribution < -0.4 is 15.4 Å². The average Bonchev–Trinajstić information content (AvgIpc) is 3.17. The molecule has 7 nitrogen and oxygen atoms in total. The first-order valence-corrected chi connectivity index (χ1v) is 9.57. The van der Waals surface area contributed by atoms with Crippen LogP contribution in [0.2, 0.25) is 0 Å². The summed E-state index contributed by atoms with van der Waals surface area (Å²) in [5.74, 6) is 2.02. The van der Waals surface area contributed by atoms with Crippen molar-refractivity contribution in [3.63, 3.8) is 0 Å². The van der Waals surface area contributed by atoms with Gasteiger partial charge in [0.1, 0.15) is 0 Å². The number of hydrogen-bond acceptors (Lipinski definition) is 5. The van der Waals surface area contributed by atoms with E-state index in [-0.39, 0.29) is 0 Å². The number of guanidine groups is 1. The predicted octanol–water partition coefficient (Wildman–Crippen LogP) is 1.98. The lowest BCUT2D eigenvalue weighted by molar-refractivity contribution is 0.0888. The summed E-state index contributed by atoms with van der Waals surface area (Å²) in [7, 11) is 0. The molecule has 1 atom stereocenters. The van der Waals surface area contributed by atoms with E-state index in [1.807, 2.05) is 19.1 Å². The van der Waals surface area contributed by atoms with Gasteiger partial charge in [-0.05, 0) is 32.8 Å². The molecule has 0 spiro atoms. The zero-order valence-corrected chi connectivity index (χ0v) is 16.0. The summed E-state index contributed by atoms with van der Waals surface area (Å²) in [5, 5.41) is 6.60. The molecule has 0 bridgehead atoms. The van der Waals surface area contributed by atoms with E-state index in [0.29, 0.717) is 24.9 Å². The Kier molecular flexibility index (Phi) is 9.82. The Morgan fingerprint density at radius 2 is 2.31 bits per heavy atom. The first-order chi connectivity index (χ1) is 12.8. The minimum atomic E-state index is 0.524. The smallest absolute Gasteiger partial charge is 0.218 e. The van der Waals surface area contributed by atoms with Crippen molar-refractivity contribution in [1.82, 2.24) is 15.6 Å². The summed E-state index contributed by atoms with van der Waals surface area (Å²) in [4.78, 5) is 8.89. The van der Waals surface area contributed by atoms with E-state index in [1.54, 1.807) is 6.20 Å². The van der Waals surface area contributed by atoms with Gasteiger partial charge in [-0.3, -0.25) is 0 Å². The normalized spacial score (nSPS) is 17.3. The molecule has 0 radical (unpaired) electrons. The first-order valence-electron chi connectivity index (χ1n) is 9.57. The standard InChI is InChI=1S/C19H32N4O3/c1-3-20-19(22-10-6-11-24-14-16-8-12-25-15-16)23-13-17-7-5-9-21-18(17)26-4-2/h5,7,9,16H,3-4,6,8,10-15H2,1-2H3,(H2,20,22,23). The van der Waals surface area contributed by atoms with Gasteiger partial charge in [-0.2, -0.15) is 0 Å². The summed E-state index contributed by atoms with van der Waals surface area (Å²) in [5.41, 5.74) is 0.980. The fourth-order valence-electron chi connectivity index (χ4n) is 2.66. The lowest BCUT2D eigenvalue weighted by Gasteiger charge is -2.13. The Hall–Kier alpha value is -1.86. The van der Waals surface area contributed by atoms with Crippen LogP contribution in [0.15, 0.2) is 23.3 Å². The van der Waals surface area contributed by atoms with Gasteiger partial charge in [0.05, 0.1) is 26.4 Å². The zero-order chi connectivity index (χ0) is 18.5. The number of nitrogens with zero attached hydrogens (tertiary/aromatic N) is 2. The molecular weight excluding hydrogens is 332 g/mol. The molecule has 2 N–H and O–H groups in total. The van der Waals surface area contributed by atoms with Crippen LogP contribution in [0.3, 0.4) is 0 Å². The molecule has 1 fully saturated rings. The number of rotatable bonds is 11. The van der Waals surface area contributed by atoms with Gasteiger partial charge in [0.15, 0.2) is 5.96 Å². The first kappa shape index (κ1) is 20.5. The van der Waals surface area contributed by atoms with Crippen LogP contribution in [-0.4, -0.2) is 57.1 Å². The van der Waals surface area contributed by atoms with Gasteiger partial charge in [0.25, 0.3) is 0 Å². The number of hydrogen-bond donors (Lipinski definition) is 2. The van der Waals surface area contributed by atoms with Crippen LogP contribution in [0.4, 0.5) is 0 Å². The summed E-state index contributed by atoms with van der Waals surface area (Å²) in [6.07, 6.45) is 3.79.